The number of anilines is 1. The summed E-state index contributed by atoms with van der Waals surface area (Å²) in [6.07, 6.45) is 2.22. The molecule has 0 atom stereocenters. The van der Waals surface area contributed by atoms with Crippen LogP contribution in [0.1, 0.15) is 52.5 Å². The van der Waals surface area contributed by atoms with Crippen LogP contribution in [-0.4, -0.2) is 91.9 Å². The van der Waals surface area contributed by atoms with Crippen LogP contribution in [0, 0.1) is 0 Å². The van der Waals surface area contributed by atoms with Gasteiger partial charge in [0.15, 0.2) is 5.78 Å². The van der Waals surface area contributed by atoms with Gasteiger partial charge in [0, 0.05) is 39.0 Å². The number of ketones is 2. The summed E-state index contributed by atoms with van der Waals surface area (Å²) in [6, 6.07) is 18.3. The maximum atomic E-state index is 12.8. The van der Waals surface area contributed by atoms with E-state index in [0.717, 1.165) is 11.8 Å². The van der Waals surface area contributed by atoms with Gasteiger partial charge in [-0.1, -0.05) is 76.2 Å². The van der Waals surface area contributed by atoms with E-state index in [1.165, 1.54) is 4.90 Å². The third-order valence-electron chi connectivity index (χ3n) is 6.13. The van der Waals surface area contributed by atoms with Gasteiger partial charge in [-0.15, -0.1) is 0 Å². The minimum atomic E-state index is -0.301. The fourth-order valence-corrected chi connectivity index (χ4v) is 4.30. The van der Waals surface area contributed by atoms with Gasteiger partial charge in [-0.3, -0.25) is 29.0 Å². The van der Waals surface area contributed by atoms with Gasteiger partial charge in [0.1, 0.15) is 12.1 Å². The highest BCUT2D eigenvalue weighted by atomic mass is 16.5. The number of hydrogen-bond acceptors (Lipinski definition) is 8. The lowest BCUT2D eigenvalue weighted by Crippen LogP contribution is -2.55. The molecule has 1 aliphatic rings. The van der Waals surface area contributed by atoms with Gasteiger partial charge in [-0.05, 0) is 24.1 Å². The molecule has 230 valence electrons. The van der Waals surface area contributed by atoms with Crippen molar-refractivity contribution < 1.29 is 28.7 Å². The second-order valence-corrected chi connectivity index (χ2v) is 9.29. The van der Waals surface area contributed by atoms with Crippen LogP contribution >= 0.6 is 0 Å². The van der Waals surface area contributed by atoms with Gasteiger partial charge in [0.05, 0.1) is 38.5 Å². The van der Waals surface area contributed by atoms with Gasteiger partial charge in [-0.25, -0.2) is 4.90 Å². The molecule has 2 aromatic carbocycles. The summed E-state index contributed by atoms with van der Waals surface area (Å²) in [5.74, 6) is -0.630. The molecule has 0 radical (unpaired) electrons. The van der Waals surface area contributed by atoms with Crippen molar-refractivity contribution in [3.05, 3.63) is 66.2 Å². The molecule has 42 heavy (non-hydrogen) atoms. The zero-order valence-electron chi connectivity index (χ0n) is 25.6. The highest BCUT2D eigenvalue weighted by Crippen LogP contribution is 2.17. The standard InChI is InChI=1S/C29H35N3O6.2C2H6/c33-16-8-18-38-17-7-13-26(34)20-30(21-27(35)19-24-9-3-1-4-10-24)14-15-31-22-28(36)32(29(37)23-31)25-11-5-2-6-12-25;2*1-2/h1-6,9-12,16H,7-8,13-15,17-23H2;2*1-2H3. The molecule has 0 aromatic heterocycles. The first-order valence-corrected chi connectivity index (χ1v) is 14.9. The van der Waals surface area contributed by atoms with Crippen LogP contribution in [-0.2, 0) is 35.1 Å². The Bertz CT molecular complexity index is 1060. The minimum absolute atomic E-state index is 0.0118. The fraction of sp³-hybridized carbons (Fsp3) is 0.485. The second kappa shape index (κ2) is 22.1. The Kier molecular flexibility index (Phi) is 19.2. The van der Waals surface area contributed by atoms with Crippen molar-refractivity contribution in [1.29, 1.82) is 0 Å². The molecule has 0 unspecified atom stereocenters. The smallest absolute Gasteiger partial charge is 0.247 e. The van der Waals surface area contributed by atoms with Crippen LogP contribution in [0.2, 0.25) is 0 Å². The molecule has 0 spiro atoms. The molecule has 1 heterocycles. The highest BCUT2D eigenvalue weighted by molar-refractivity contribution is 6.17. The zero-order valence-corrected chi connectivity index (χ0v) is 25.6. The first-order chi connectivity index (χ1) is 20.5. The monoisotopic (exact) mass is 581 g/mol. The Labute approximate surface area is 250 Å². The number of hydrogen-bond donors (Lipinski definition) is 0. The van der Waals surface area contributed by atoms with E-state index in [4.69, 9.17) is 4.74 Å². The average molecular weight is 582 g/mol. The summed E-state index contributed by atoms with van der Waals surface area (Å²) < 4.78 is 5.32. The first kappa shape index (κ1) is 36.5. The van der Waals surface area contributed by atoms with Crippen LogP contribution in [0.15, 0.2) is 60.7 Å². The average Bonchev–Trinajstić information content (AvgIpc) is 3.00. The maximum Gasteiger partial charge on any atom is 0.247 e. The Morgan fingerprint density at radius 2 is 1.40 bits per heavy atom. The predicted octanol–water partition coefficient (Wildman–Crippen LogP) is 3.98. The van der Waals surface area contributed by atoms with Crippen LogP contribution in [0.4, 0.5) is 5.69 Å². The molecule has 0 bridgehead atoms. The third kappa shape index (κ3) is 13.9. The van der Waals surface area contributed by atoms with Crippen molar-refractivity contribution in [2.75, 3.05) is 57.4 Å². The highest BCUT2D eigenvalue weighted by Gasteiger charge is 2.32. The van der Waals surface area contributed by atoms with Gasteiger partial charge >= 0.3 is 0 Å². The maximum absolute atomic E-state index is 12.8. The Balaban J connectivity index is 0.00000211. The van der Waals surface area contributed by atoms with E-state index in [-0.39, 0.29) is 56.0 Å². The van der Waals surface area contributed by atoms with Crippen LogP contribution in [0.25, 0.3) is 0 Å². The minimum Gasteiger partial charge on any atom is -0.381 e. The number of aldehydes is 1. The molecular formula is C33H47N3O6. The summed E-state index contributed by atoms with van der Waals surface area (Å²) in [5.41, 5.74) is 1.46. The molecule has 2 amide bonds. The number of imide groups is 1. The first-order valence-electron chi connectivity index (χ1n) is 14.9. The van der Waals surface area contributed by atoms with E-state index in [9.17, 15) is 24.0 Å². The molecule has 3 rings (SSSR count). The van der Waals surface area contributed by atoms with Crippen LogP contribution in [0.3, 0.4) is 0 Å². The number of benzene rings is 2. The van der Waals surface area contributed by atoms with E-state index in [1.54, 1.807) is 34.1 Å². The quantitative estimate of drug-likeness (QED) is 0.157. The molecular weight excluding hydrogens is 534 g/mol. The SMILES string of the molecule is CC.CC.O=CCCOCCCC(=O)CN(CCN1CC(=O)N(c2ccccc2)C(=O)C1)CC(=O)Cc1ccccc1. The van der Waals surface area contributed by atoms with E-state index in [2.05, 4.69) is 0 Å². The molecule has 0 aliphatic carbocycles. The van der Waals surface area contributed by atoms with Crippen molar-refractivity contribution in [3.63, 3.8) is 0 Å². The molecule has 9 heteroatoms. The molecule has 1 fully saturated rings. The number of carbonyl (C=O) groups is 5. The Hall–Kier alpha value is -3.53. The van der Waals surface area contributed by atoms with Crippen molar-refractivity contribution >= 4 is 35.4 Å². The Morgan fingerprint density at radius 3 is 2.00 bits per heavy atom. The number of nitrogens with zero attached hydrogens (tertiary/aromatic N) is 3. The van der Waals surface area contributed by atoms with Crippen LogP contribution in [0.5, 0.6) is 0 Å². The molecule has 9 nitrogen and oxygen atoms in total. The molecule has 0 N–H and O–H groups in total. The van der Waals surface area contributed by atoms with E-state index >= 15 is 0 Å². The van der Waals surface area contributed by atoms with E-state index in [1.807, 2.05) is 64.1 Å². The lowest BCUT2D eigenvalue weighted by Gasteiger charge is -2.33. The van der Waals surface area contributed by atoms with Crippen molar-refractivity contribution in [2.45, 2.75) is 53.4 Å². The number of Topliss-reactive ketones (excluding diaryl/α,β-unsaturated/α-hetero) is 2. The predicted molar refractivity (Wildman–Crippen MR) is 165 cm³/mol. The number of piperazine rings is 1. The summed E-state index contributed by atoms with van der Waals surface area (Å²) in [6.45, 7) is 9.84. The van der Waals surface area contributed by atoms with Crippen molar-refractivity contribution in [2.24, 2.45) is 0 Å². The molecule has 0 saturated carbocycles. The zero-order chi connectivity index (χ0) is 31.2. The fourth-order valence-electron chi connectivity index (χ4n) is 4.30. The molecule has 1 aliphatic heterocycles. The molecule has 2 aromatic rings. The molecule has 1 saturated heterocycles. The number of ether oxygens (including phenoxy) is 1. The van der Waals surface area contributed by atoms with Gasteiger partial charge in [0.2, 0.25) is 11.8 Å². The summed E-state index contributed by atoms with van der Waals surface area (Å²) >= 11 is 0. The van der Waals surface area contributed by atoms with E-state index in [0.29, 0.717) is 51.3 Å². The lowest BCUT2D eigenvalue weighted by atomic mass is 10.1. The summed E-state index contributed by atoms with van der Waals surface area (Å²) in [7, 11) is 0. The van der Waals surface area contributed by atoms with Gasteiger partial charge in [0.25, 0.3) is 0 Å². The normalized spacial score (nSPS) is 13.1. The number of rotatable bonds is 17. The summed E-state index contributed by atoms with van der Waals surface area (Å²) in [5, 5.41) is 0. The Morgan fingerprint density at radius 1 is 0.833 bits per heavy atom. The summed E-state index contributed by atoms with van der Waals surface area (Å²) in [4.78, 5) is 66.0. The van der Waals surface area contributed by atoms with E-state index < -0.39 is 0 Å². The number of para-hydroxylation sites is 1. The second-order valence-electron chi connectivity index (χ2n) is 9.29. The largest absolute Gasteiger partial charge is 0.381 e. The number of amides is 2. The number of carbonyl (C=O) groups excluding carboxylic acids is 5. The van der Waals surface area contributed by atoms with Gasteiger partial charge < -0.3 is 9.53 Å². The van der Waals surface area contributed by atoms with Crippen molar-refractivity contribution in [3.8, 4) is 0 Å². The topological polar surface area (TPSA) is 104 Å². The van der Waals surface area contributed by atoms with Crippen LogP contribution < -0.4 is 4.90 Å². The third-order valence-corrected chi connectivity index (χ3v) is 6.13. The van der Waals surface area contributed by atoms with Gasteiger partial charge in [-0.2, -0.15) is 0 Å². The van der Waals surface area contributed by atoms with Crippen molar-refractivity contribution in [1.82, 2.24) is 9.80 Å². The lowest BCUT2D eigenvalue weighted by molar-refractivity contribution is -0.132.